The molecule has 5 rings (SSSR count). The van der Waals surface area contributed by atoms with E-state index in [-0.39, 0.29) is 68.7 Å². The molecule has 11 nitrogen and oxygen atoms in total. The summed E-state index contributed by atoms with van der Waals surface area (Å²) < 4.78 is 2.13. The van der Waals surface area contributed by atoms with Crippen molar-refractivity contribution in [1.82, 2.24) is 5.32 Å². The average Bonchev–Trinajstić information content (AvgIpc) is 3.83. The molecule has 1 aliphatic heterocycles. The van der Waals surface area contributed by atoms with Gasteiger partial charge in [0.1, 0.15) is 11.1 Å². The zero-order chi connectivity index (χ0) is 34.0. The van der Waals surface area contributed by atoms with Crippen LogP contribution in [0, 0.1) is 39.2 Å². The largest absolute Gasteiger partial charge is 1.00 e. The van der Waals surface area contributed by atoms with Gasteiger partial charge in [0.05, 0.1) is 5.34 Å². The summed E-state index contributed by atoms with van der Waals surface area (Å²) in [4.78, 5) is 45.4. The predicted molar refractivity (Wildman–Crippen MR) is 174 cm³/mol. The Morgan fingerprint density at radius 2 is 1.33 bits per heavy atom. The first-order valence-electron chi connectivity index (χ1n) is 13.0. The molecule has 4 N–H and O–H groups in total. The van der Waals surface area contributed by atoms with E-state index in [9.17, 15) is 14.4 Å². The molecule has 2 aliphatic carbocycles. The van der Waals surface area contributed by atoms with Gasteiger partial charge in [0, 0.05) is 33.5 Å². The van der Waals surface area contributed by atoms with E-state index in [4.69, 9.17) is 48.6 Å². The number of nitrogens with one attached hydrogen (secondary N) is 2. The number of carboxylic acids is 2. The summed E-state index contributed by atoms with van der Waals surface area (Å²) in [6.07, 6.45) is 3.41. The maximum absolute atomic E-state index is 11.9. The van der Waals surface area contributed by atoms with Crippen molar-refractivity contribution in [2.75, 3.05) is 15.6 Å². The molecule has 45 heavy (non-hydrogen) atoms. The van der Waals surface area contributed by atoms with Gasteiger partial charge in [0.25, 0.3) is 11.9 Å². The Balaban J connectivity index is 0.000000658. The van der Waals surface area contributed by atoms with E-state index in [1.807, 2.05) is 52.0 Å². The molecule has 3 fully saturated rings. The average molecular weight is 819 g/mol. The monoisotopic (exact) mass is 816 g/mol. The van der Waals surface area contributed by atoms with E-state index in [1.54, 1.807) is 4.90 Å². The predicted octanol–water partition coefficient (Wildman–Crippen LogP) is 3.09. The van der Waals surface area contributed by atoms with Crippen molar-refractivity contribution < 1.29 is 85.9 Å². The maximum atomic E-state index is 11.9. The van der Waals surface area contributed by atoms with Crippen LogP contribution in [-0.2, 0) is 14.4 Å². The number of amides is 3. The fourth-order valence-electron chi connectivity index (χ4n) is 4.36. The van der Waals surface area contributed by atoms with Gasteiger partial charge in [0.2, 0.25) is 0 Å². The molecule has 3 aliphatic rings. The van der Waals surface area contributed by atoms with E-state index < -0.39 is 23.0 Å². The Kier molecular flexibility index (Phi) is 18.8. The smallest absolute Gasteiger partial charge is 0.812 e. The van der Waals surface area contributed by atoms with Gasteiger partial charge in [-0.3, -0.25) is 19.8 Å². The summed E-state index contributed by atoms with van der Waals surface area (Å²) in [6.45, 7) is 9.05. The number of anilines is 2. The first kappa shape index (κ1) is 43.6. The SMILES string of the molecule is CC(=O)O.Cc1cc(N2C(=O)NC(=O)C23CC3)cc(C)c1Br.Cc1cc(NC2(C(=O)O)CC2)cc(C)c1Br.ClCCl.N#C[O-].[K+]. The van der Waals surface area contributed by atoms with Crippen molar-refractivity contribution in [3.63, 3.8) is 0 Å². The molecular formula is C29H33Br2Cl2KN4O7. The minimum atomic E-state index is -0.833. The Morgan fingerprint density at radius 3 is 1.64 bits per heavy atom. The van der Waals surface area contributed by atoms with Gasteiger partial charge in [-0.15, -0.1) is 23.2 Å². The Morgan fingerprint density at radius 1 is 0.978 bits per heavy atom. The Bertz CT molecular complexity index is 1400. The van der Waals surface area contributed by atoms with Crippen molar-refractivity contribution >= 4 is 90.3 Å². The van der Waals surface area contributed by atoms with Crippen molar-refractivity contribution in [1.29, 1.82) is 5.26 Å². The molecule has 1 heterocycles. The maximum Gasteiger partial charge on any atom is 1.00 e. The number of aryl methyl sites for hydroxylation is 4. The quantitative estimate of drug-likeness (QED) is 0.156. The third kappa shape index (κ3) is 12.3. The number of carbonyl (C=O) groups excluding carboxylic acids is 2. The van der Waals surface area contributed by atoms with Crippen LogP contribution in [0.4, 0.5) is 16.2 Å². The second kappa shape index (κ2) is 19.4. The van der Waals surface area contributed by atoms with E-state index >= 15 is 0 Å². The first-order chi connectivity index (χ1) is 20.5. The number of urea groups is 1. The van der Waals surface area contributed by atoms with Crippen LogP contribution in [0.1, 0.15) is 54.9 Å². The summed E-state index contributed by atoms with van der Waals surface area (Å²) in [5.74, 6) is -1.75. The van der Waals surface area contributed by atoms with Gasteiger partial charge in [-0.1, -0.05) is 31.9 Å². The van der Waals surface area contributed by atoms with Gasteiger partial charge in [-0.2, -0.15) is 0 Å². The molecule has 240 valence electrons. The number of hydrogen-bond donors (Lipinski definition) is 4. The second-order valence-electron chi connectivity index (χ2n) is 10.2. The molecule has 0 unspecified atom stereocenters. The molecule has 2 aromatic rings. The number of hydrogen-bond acceptors (Lipinski definition) is 7. The standard InChI is InChI=1S/C13H13BrN2O2.C12H14BrNO2.C2H4O2.CH2Cl2.CHNO.K/c1-7-5-9(6-8(2)10(7)14)16-12(18)15-11(17)13(16)3-4-13;1-7-5-9(6-8(2)10(7)13)14-12(3-4-12)11(15)16;1-2(3)4;2*2-1-3;/h5-6H,3-4H2,1-2H3,(H,15,17,18);5-6,14H,3-4H2,1-2H3,(H,15,16);1H3,(H,3,4);1H2;3H;/q;;;;;+1/p-1. The first-order valence-corrected chi connectivity index (χ1v) is 15.7. The van der Waals surface area contributed by atoms with Gasteiger partial charge in [0.15, 0.2) is 0 Å². The van der Waals surface area contributed by atoms with Gasteiger partial charge >= 0.3 is 63.4 Å². The summed E-state index contributed by atoms with van der Waals surface area (Å²) in [6, 6.07) is 7.52. The summed E-state index contributed by atoms with van der Waals surface area (Å²) in [5.41, 5.74) is 4.72. The number of rotatable bonds is 4. The van der Waals surface area contributed by atoms with Crippen LogP contribution in [0.25, 0.3) is 0 Å². The van der Waals surface area contributed by atoms with Crippen LogP contribution in [0.2, 0.25) is 0 Å². The Labute approximate surface area is 331 Å². The van der Waals surface area contributed by atoms with Crippen molar-refractivity contribution in [2.45, 2.75) is 71.4 Å². The molecule has 3 amide bonds. The van der Waals surface area contributed by atoms with Crippen molar-refractivity contribution in [3.05, 3.63) is 55.5 Å². The van der Waals surface area contributed by atoms with Crippen molar-refractivity contribution in [3.8, 4) is 6.26 Å². The molecule has 16 heteroatoms. The topological polar surface area (TPSA) is 183 Å². The number of aliphatic carboxylic acids is 2. The second-order valence-corrected chi connectivity index (χ2v) is 12.6. The summed E-state index contributed by atoms with van der Waals surface area (Å²) >= 11 is 16.5. The third-order valence-corrected chi connectivity index (χ3v) is 9.16. The fraction of sp³-hybridized carbons (Fsp3) is 0.414. The van der Waals surface area contributed by atoms with E-state index in [1.165, 1.54) is 0 Å². The van der Waals surface area contributed by atoms with Gasteiger partial charge in [-0.05, 0) is 99.9 Å². The van der Waals surface area contributed by atoms with Crippen LogP contribution in [0.15, 0.2) is 33.2 Å². The molecule has 2 aromatic carbocycles. The molecule has 2 saturated carbocycles. The number of nitriles is 1. The minimum Gasteiger partial charge on any atom is -0.812 e. The molecule has 1 saturated heterocycles. The van der Waals surface area contributed by atoms with Gasteiger partial charge < -0.3 is 20.6 Å². The van der Waals surface area contributed by atoms with Crippen LogP contribution in [0.5, 0.6) is 0 Å². The zero-order valence-electron chi connectivity index (χ0n) is 25.7. The van der Waals surface area contributed by atoms with Crippen LogP contribution in [-0.4, -0.2) is 50.5 Å². The summed E-state index contributed by atoms with van der Waals surface area (Å²) in [7, 11) is 0. The molecule has 0 bridgehead atoms. The number of alkyl halides is 2. The van der Waals surface area contributed by atoms with Crippen LogP contribution in [0.3, 0.4) is 0 Å². The van der Waals surface area contributed by atoms with Crippen LogP contribution < -0.4 is 72.0 Å². The zero-order valence-corrected chi connectivity index (χ0v) is 33.5. The number of benzene rings is 2. The number of carboxylic acid groups (broad SMARTS) is 2. The molecule has 0 atom stereocenters. The number of imide groups is 1. The molecular weight excluding hydrogens is 786 g/mol. The number of carbonyl (C=O) groups is 4. The fourth-order valence-corrected chi connectivity index (χ4v) is 4.82. The normalized spacial score (nSPS) is 15.3. The van der Waals surface area contributed by atoms with Gasteiger partial charge in [-0.25, -0.2) is 14.9 Å². The third-order valence-electron chi connectivity index (χ3n) is 6.66. The molecule has 0 aromatic heterocycles. The number of halogens is 4. The molecule has 1 spiro atoms. The van der Waals surface area contributed by atoms with E-state index in [0.29, 0.717) is 19.1 Å². The van der Waals surface area contributed by atoms with E-state index in [0.717, 1.165) is 62.3 Å². The number of nitrogens with zero attached hydrogens (tertiary/aromatic N) is 2. The van der Waals surface area contributed by atoms with Crippen molar-refractivity contribution in [2.24, 2.45) is 0 Å². The summed E-state index contributed by atoms with van der Waals surface area (Å²) in [5, 5.41) is 37.2. The molecule has 0 radical (unpaired) electrons. The van der Waals surface area contributed by atoms with Crippen LogP contribution >= 0.6 is 55.1 Å². The minimum absolute atomic E-state index is 0. The van der Waals surface area contributed by atoms with E-state index in [2.05, 4.69) is 42.5 Å². The Hall–Kier alpha value is -1.41.